The number of alkyl halides is 2. The Kier molecular flexibility index (Phi) is 6.36. The molecule has 1 N–H and O–H groups in total. The van der Waals surface area contributed by atoms with E-state index in [2.05, 4.69) is 10.1 Å². The summed E-state index contributed by atoms with van der Waals surface area (Å²) in [7, 11) is -1.15. The Hall–Kier alpha value is -2.53. The molecule has 1 heterocycles. The number of rotatable bonds is 4. The van der Waals surface area contributed by atoms with Crippen molar-refractivity contribution in [3.05, 3.63) is 29.8 Å². The number of hydrogen-bond donors (Lipinski definition) is 1. The zero-order valence-electron chi connectivity index (χ0n) is 19.4. The minimum absolute atomic E-state index is 0.0113. The zero-order chi connectivity index (χ0) is 24.9. The smallest absolute Gasteiger partial charge is 0.444 e. The maximum absolute atomic E-state index is 14.6. The van der Waals surface area contributed by atoms with E-state index in [1.54, 1.807) is 48.5 Å². The van der Waals surface area contributed by atoms with E-state index < -0.39 is 54.0 Å². The molecule has 1 saturated heterocycles. The Morgan fingerprint density at radius 3 is 2.15 bits per heavy atom. The molecule has 1 aliphatic heterocycles. The largest absolute Gasteiger partial charge is 0.495 e. The van der Waals surface area contributed by atoms with E-state index in [4.69, 9.17) is 14.0 Å². The van der Waals surface area contributed by atoms with Gasteiger partial charge >= 0.3 is 19.8 Å². The molecular formula is C22H26BF4NO5. The number of carbonyl (C=O) groups excluding carboxylic acids is 1. The van der Waals surface area contributed by atoms with Gasteiger partial charge in [-0.2, -0.15) is 13.2 Å². The molecule has 0 bridgehead atoms. The highest BCUT2D eigenvalue weighted by Gasteiger charge is 2.52. The Bertz CT molecular complexity index is 1070. The van der Waals surface area contributed by atoms with Crippen molar-refractivity contribution in [1.82, 2.24) is 0 Å². The third kappa shape index (κ3) is 5.19. The Morgan fingerprint density at radius 1 is 1.06 bits per heavy atom. The van der Waals surface area contributed by atoms with Gasteiger partial charge in [0.25, 0.3) is 0 Å². The number of anilines is 1. The summed E-state index contributed by atoms with van der Waals surface area (Å²) in [5, 5.41) is 2.34. The fourth-order valence-electron chi connectivity index (χ4n) is 3.33. The molecule has 0 atom stereocenters. The Balaban J connectivity index is 2.21. The summed E-state index contributed by atoms with van der Waals surface area (Å²) in [6, 6.07) is 3.47. The lowest BCUT2D eigenvalue weighted by Gasteiger charge is -2.32. The van der Waals surface area contributed by atoms with Crippen molar-refractivity contribution in [2.45, 2.75) is 71.9 Å². The van der Waals surface area contributed by atoms with Crippen molar-refractivity contribution in [1.29, 1.82) is 0 Å². The molecule has 0 unspecified atom stereocenters. The summed E-state index contributed by atoms with van der Waals surface area (Å²) in [4.78, 5) is 12.3. The second-order valence-corrected chi connectivity index (χ2v) is 9.76. The standard InChI is InChI=1S/C22H26BF4NO5/c1-20(2,3)31-19(29)28-12-8-11-9-14(24)16(25)17(30-18(26)27)15(11)13(10-12)23-32-21(4,5)22(6,7)33-23/h8-10,18H,1-7H3,(H,28,29). The maximum atomic E-state index is 14.6. The van der Waals surface area contributed by atoms with Crippen LogP contribution in [-0.4, -0.2) is 36.6 Å². The number of hydrogen-bond acceptors (Lipinski definition) is 5. The molecule has 6 nitrogen and oxygen atoms in total. The van der Waals surface area contributed by atoms with Crippen molar-refractivity contribution in [2.24, 2.45) is 0 Å². The van der Waals surface area contributed by atoms with Gasteiger partial charge in [-0.05, 0) is 77.5 Å². The normalized spacial score (nSPS) is 17.5. The van der Waals surface area contributed by atoms with E-state index in [0.717, 1.165) is 6.07 Å². The molecule has 1 amide bonds. The summed E-state index contributed by atoms with van der Waals surface area (Å²) in [5.41, 5.74) is -2.22. The highest BCUT2D eigenvalue weighted by molar-refractivity contribution is 6.65. The average molecular weight is 471 g/mol. The minimum Gasteiger partial charge on any atom is -0.444 e. The summed E-state index contributed by atoms with van der Waals surface area (Å²) in [6.07, 6.45) is -0.798. The number of fused-ring (bicyclic) bond motifs is 1. The quantitative estimate of drug-likeness (QED) is 0.480. The van der Waals surface area contributed by atoms with E-state index in [-0.39, 0.29) is 21.9 Å². The molecule has 2 aromatic rings. The van der Waals surface area contributed by atoms with Crippen LogP contribution in [0.15, 0.2) is 18.2 Å². The van der Waals surface area contributed by atoms with E-state index in [9.17, 15) is 22.4 Å². The van der Waals surface area contributed by atoms with Gasteiger partial charge in [-0.25, -0.2) is 9.18 Å². The second-order valence-electron chi connectivity index (χ2n) is 9.76. The lowest BCUT2D eigenvalue weighted by atomic mass is 9.75. The summed E-state index contributed by atoms with van der Waals surface area (Å²) < 4.78 is 76.6. The highest BCUT2D eigenvalue weighted by atomic mass is 19.3. The molecule has 3 rings (SSSR count). The molecule has 0 aliphatic carbocycles. The van der Waals surface area contributed by atoms with E-state index in [0.29, 0.717) is 0 Å². The first-order chi connectivity index (χ1) is 15.0. The van der Waals surface area contributed by atoms with Crippen LogP contribution in [0.2, 0.25) is 0 Å². The third-order valence-electron chi connectivity index (χ3n) is 5.48. The first-order valence-corrected chi connectivity index (χ1v) is 10.3. The van der Waals surface area contributed by atoms with Crippen LogP contribution in [0.1, 0.15) is 48.5 Å². The van der Waals surface area contributed by atoms with Gasteiger partial charge in [0.15, 0.2) is 11.6 Å². The van der Waals surface area contributed by atoms with E-state index >= 15 is 0 Å². The number of benzene rings is 2. The summed E-state index contributed by atoms with van der Waals surface area (Å²) in [5.74, 6) is -3.95. The van der Waals surface area contributed by atoms with Gasteiger partial charge in [0.05, 0.1) is 11.2 Å². The van der Waals surface area contributed by atoms with Crippen LogP contribution in [0.5, 0.6) is 5.75 Å². The predicted molar refractivity (Wildman–Crippen MR) is 116 cm³/mol. The molecule has 1 aliphatic rings. The molecule has 0 spiro atoms. The van der Waals surface area contributed by atoms with Crippen LogP contribution in [0.4, 0.5) is 28.0 Å². The third-order valence-corrected chi connectivity index (χ3v) is 5.48. The summed E-state index contributed by atoms with van der Waals surface area (Å²) in [6.45, 7) is 8.71. The number of amides is 1. The fourth-order valence-corrected chi connectivity index (χ4v) is 3.33. The number of carbonyl (C=O) groups is 1. The van der Waals surface area contributed by atoms with Crippen LogP contribution in [-0.2, 0) is 14.0 Å². The van der Waals surface area contributed by atoms with Crippen molar-refractivity contribution in [3.63, 3.8) is 0 Å². The molecular weight excluding hydrogens is 445 g/mol. The van der Waals surface area contributed by atoms with Crippen LogP contribution in [0.25, 0.3) is 10.8 Å². The average Bonchev–Trinajstić information content (AvgIpc) is 2.83. The molecule has 0 saturated carbocycles. The van der Waals surface area contributed by atoms with E-state index in [1.165, 1.54) is 12.1 Å². The van der Waals surface area contributed by atoms with Crippen molar-refractivity contribution in [3.8, 4) is 5.75 Å². The van der Waals surface area contributed by atoms with Crippen LogP contribution in [0, 0.1) is 11.6 Å². The van der Waals surface area contributed by atoms with Crippen LogP contribution < -0.4 is 15.5 Å². The number of ether oxygens (including phenoxy) is 2. The minimum atomic E-state index is -3.41. The maximum Gasteiger partial charge on any atom is 0.495 e. The molecule has 33 heavy (non-hydrogen) atoms. The second kappa shape index (κ2) is 8.36. The van der Waals surface area contributed by atoms with Crippen LogP contribution in [0.3, 0.4) is 0 Å². The molecule has 0 radical (unpaired) electrons. The van der Waals surface area contributed by atoms with Crippen molar-refractivity contribution in [2.75, 3.05) is 5.32 Å². The van der Waals surface area contributed by atoms with Gasteiger partial charge in [0.2, 0.25) is 5.82 Å². The van der Waals surface area contributed by atoms with Gasteiger partial charge in [-0.15, -0.1) is 0 Å². The molecule has 11 heteroatoms. The zero-order valence-corrected chi connectivity index (χ0v) is 19.4. The topological polar surface area (TPSA) is 66.0 Å². The lowest BCUT2D eigenvalue weighted by Crippen LogP contribution is -2.41. The van der Waals surface area contributed by atoms with Gasteiger partial charge in [0, 0.05) is 11.1 Å². The molecule has 180 valence electrons. The van der Waals surface area contributed by atoms with Crippen molar-refractivity contribution >= 4 is 35.1 Å². The SMILES string of the molecule is CC(C)(C)OC(=O)Nc1cc(B2OC(C)(C)C(C)(C)O2)c2c(OC(F)F)c(F)c(F)cc2c1. The van der Waals surface area contributed by atoms with Gasteiger partial charge in [-0.1, -0.05) is 0 Å². The Labute approximate surface area is 189 Å². The monoisotopic (exact) mass is 471 g/mol. The molecule has 1 fully saturated rings. The molecule has 2 aromatic carbocycles. The van der Waals surface area contributed by atoms with Gasteiger partial charge < -0.3 is 18.8 Å². The number of nitrogens with one attached hydrogen (secondary N) is 1. The van der Waals surface area contributed by atoms with Crippen LogP contribution >= 0.6 is 0 Å². The van der Waals surface area contributed by atoms with Gasteiger partial charge in [0.1, 0.15) is 5.60 Å². The van der Waals surface area contributed by atoms with E-state index in [1.807, 2.05) is 0 Å². The molecule has 0 aromatic heterocycles. The number of halogens is 4. The first kappa shape index (κ1) is 25.1. The van der Waals surface area contributed by atoms with Crippen molar-refractivity contribution < 1.29 is 41.1 Å². The highest BCUT2D eigenvalue weighted by Crippen LogP contribution is 2.39. The van der Waals surface area contributed by atoms with Gasteiger partial charge in [-0.3, -0.25) is 5.32 Å². The first-order valence-electron chi connectivity index (χ1n) is 10.3. The fraction of sp³-hybridized carbons (Fsp3) is 0.500. The Morgan fingerprint density at radius 2 is 1.64 bits per heavy atom. The lowest BCUT2D eigenvalue weighted by molar-refractivity contribution is -0.0513. The predicted octanol–water partition coefficient (Wildman–Crippen LogP) is 5.37. The summed E-state index contributed by atoms with van der Waals surface area (Å²) >= 11 is 0.